The standard InChI is InChI=1S/C6H7N3O/c7-3-1-5-9-6(10)2-4-8-9/h2,4,8H,1,5H2. The lowest BCUT2D eigenvalue weighted by Crippen LogP contribution is -2.15. The van der Waals surface area contributed by atoms with Crippen molar-refractivity contribution in [2.45, 2.75) is 13.0 Å². The smallest absolute Gasteiger partial charge is 0.266 e. The van der Waals surface area contributed by atoms with Gasteiger partial charge in [-0.25, -0.2) is 0 Å². The predicted molar refractivity (Wildman–Crippen MR) is 35.3 cm³/mol. The van der Waals surface area contributed by atoms with Gasteiger partial charge < -0.3 is 5.10 Å². The lowest BCUT2D eigenvalue weighted by molar-refractivity contribution is 0.608. The molecule has 0 aromatic carbocycles. The zero-order valence-electron chi connectivity index (χ0n) is 5.37. The quantitative estimate of drug-likeness (QED) is 0.627. The van der Waals surface area contributed by atoms with Gasteiger partial charge in [-0.05, 0) is 0 Å². The van der Waals surface area contributed by atoms with Gasteiger partial charge >= 0.3 is 0 Å². The third kappa shape index (κ3) is 1.26. The summed E-state index contributed by atoms with van der Waals surface area (Å²) in [5.41, 5.74) is -0.0877. The number of aromatic amines is 1. The number of aromatic nitrogens is 2. The molecule has 0 aliphatic carbocycles. The SMILES string of the molecule is N#CCCn1[nH]ccc1=O. The van der Waals surface area contributed by atoms with Crippen LogP contribution >= 0.6 is 0 Å². The fourth-order valence-corrected chi connectivity index (χ4v) is 0.689. The van der Waals surface area contributed by atoms with E-state index >= 15 is 0 Å². The minimum atomic E-state index is -0.0877. The Hall–Kier alpha value is -1.50. The van der Waals surface area contributed by atoms with E-state index in [1.54, 1.807) is 6.20 Å². The molecule has 52 valence electrons. The van der Waals surface area contributed by atoms with Crippen molar-refractivity contribution in [2.24, 2.45) is 0 Å². The van der Waals surface area contributed by atoms with Gasteiger partial charge in [-0.2, -0.15) is 5.26 Å². The van der Waals surface area contributed by atoms with Crippen LogP contribution < -0.4 is 5.56 Å². The second-order valence-corrected chi connectivity index (χ2v) is 1.86. The van der Waals surface area contributed by atoms with Crippen LogP contribution in [0, 0.1) is 11.3 Å². The lowest BCUT2D eigenvalue weighted by atomic mass is 10.5. The molecule has 0 bridgehead atoms. The Morgan fingerprint density at radius 2 is 2.60 bits per heavy atom. The van der Waals surface area contributed by atoms with Crippen molar-refractivity contribution in [3.63, 3.8) is 0 Å². The van der Waals surface area contributed by atoms with Crippen LogP contribution in [0.25, 0.3) is 0 Å². The molecule has 0 radical (unpaired) electrons. The average Bonchev–Trinajstić information content (AvgIpc) is 2.31. The summed E-state index contributed by atoms with van der Waals surface area (Å²) in [6.07, 6.45) is 1.92. The molecule has 1 N–H and O–H groups in total. The maximum absolute atomic E-state index is 10.7. The fourth-order valence-electron chi connectivity index (χ4n) is 0.689. The Bertz CT molecular complexity index is 290. The van der Waals surface area contributed by atoms with Crippen LogP contribution in [0.1, 0.15) is 6.42 Å². The third-order valence-electron chi connectivity index (χ3n) is 1.17. The van der Waals surface area contributed by atoms with E-state index in [0.29, 0.717) is 13.0 Å². The largest absolute Gasteiger partial charge is 0.303 e. The minimum absolute atomic E-state index is 0.0877. The Morgan fingerprint density at radius 1 is 1.80 bits per heavy atom. The first-order chi connectivity index (χ1) is 4.84. The molecule has 4 nitrogen and oxygen atoms in total. The van der Waals surface area contributed by atoms with Crippen molar-refractivity contribution >= 4 is 0 Å². The Kier molecular flexibility index (Phi) is 1.90. The van der Waals surface area contributed by atoms with Gasteiger partial charge in [0.05, 0.1) is 19.0 Å². The molecule has 1 rings (SSSR count). The van der Waals surface area contributed by atoms with Crippen LogP contribution in [0.2, 0.25) is 0 Å². The van der Waals surface area contributed by atoms with E-state index in [1.165, 1.54) is 10.7 Å². The highest BCUT2D eigenvalue weighted by molar-refractivity contribution is 4.81. The number of nitrogens with one attached hydrogen (secondary N) is 1. The van der Waals surface area contributed by atoms with E-state index < -0.39 is 0 Å². The fraction of sp³-hybridized carbons (Fsp3) is 0.333. The number of nitrogens with zero attached hydrogens (tertiary/aromatic N) is 2. The van der Waals surface area contributed by atoms with Crippen molar-refractivity contribution in [1.82, 2.24) is 9.78 Å². The molecule has 0 fully saturated rings. The first-order valence-corrected chi connectivity index (χ1v) is 2.96. The Labute approximate surface area is 57.7 Å². The second-order valence-electron chi connectivity index (χ2n) is 1.86. The highest BCUT2D eigenvalue weighted by atomic mass is 16.1. The summed E-state index contributed by atoms with van der Waals surface area (Å²) in [5.74, 6) is 0. The molecule has 0 saturated heterocycles. The summed E-state index contributed by atoms with van der Waals surface area (Å²) >= 11 is 0. The highest BCUT2D eigenvalue weighted by Gasteiger charge is 1.92. The summed E-state index contributed by atoms with van der Waals surface area (Å²) < 4.78 is 1.39. The average molecular weight is 137 g/mol. The number of aryl methyl sites for hydroxylation is 1. The van der Waals surface area contributed by atoms with Crippen molar-refractivity contribution in [3.8, 4) is 6.07 Å². The normalized spacial score (nSPS) is 9.10. The van der Waals surface area contributed by atoms with Crippen LogP contribution in [0.3, 0.4) is 0 Å². The minimum Gasteiger partial charge on any atom is -0.303 e. The zero-order chi connectivity index (χ0) is 7.40. The molecule has 1 heterocycles. The molecule has 0 aliphatic rings. The van der Waals surface area contributed by atoms with Crippen molar-refractivity contribution < 1.29 is 0 Å². The van der Waals surface area contributed by atoms with Crippen LogP contribution in [-0.2, 0) is 6.54 Å². The number of hydrogen-bond donors (Lipinski definition) is 1. The summed E-state index contributed by atoms with van der Waals surface area (Å²) in [5, 5.41) is 10.9. The number of H-pyrrole nitrogens is 1. The molecule has 0 aliphatic heterocycles. The van der Waals surface area contributed by atoms with Gasteiger partial charge in [-0.3, -0.25) is 9.48 Å². The van der Waals surface area contributed by atoms with Gasteiger partial charge in [0.15, 0.2) is 0 Å². The summed E-state index contributed by atoms with van der Waals surface area (Å²) in [4.78, 5) is 10.7. The monoisotopic (exact) mass is 137 g/mol. The van der Waals surface area contributed by atoms with E-state index in [4.69, 9.17) is 5.26 Å². The Morgan fingerprint density at radius 3 is 3.10 bits per heavy atom. The molecular formula is C6H7N3O. The molecule has 0 amide bonds. The van der Waals surface area contributed by atoms with E-state index in [1.807, 2.05) is 6.07 Å². The molecule has 1 aromatic heterocycles. The van der Waals surface area contributed by atoms with Gasteiger partial charge in [-0.15, -0.1) is 0 Å². The third-order valence-corrected chi connectivity index (χ3v) is 1.17. The van der Waals surface area contributed by atoms with E-state index in [-0.39, 0.29) is 5.56 Å². The lowest BCUT2D eigenvalue weighted by Gasteiger charge is -1.92. The molecule has 1 aromatic rings. The molecule has 0 atom stereocenters. The van der Waals surface area contributed by atoms with E-state index in [0.717, 1.165) is 0 Å². The summed E-state index contributed by atoms with van der Waals surface area (Å²) in [6, 6.07) is 3.38. The number of nitriles is 1. The van der Waals surface area contributed by atoms with Crippen LogP contribution in [-0.4, -0.2) is 9.78 Å². The second kappa shape index (κ2) is 2.87. The van der Waals surface area contributed by atoms with Crippen molar-refractivity contribution in [2.75, 3.05) is 0 Å². The molecule has 0 spiro atoms. The maximum atomic E-state index is 10.7. The van der Waals surface area contributed by atoms with Crippen LogP contribution in [0.4, 0.5) is 0 Å². The van der Waals surface area contributed by atoms with Gasteiger partial charge in [0, 0.05) is 12.3 Å². The first kappa shape index (κ1) is 6.62. The maximum Gasteiger partial charge on any atom is 0.266 e. The highest BCUT2D eigenvalue weighted by Crippen LogP contribution is 1.80. The summed E-state index contributed by atoms with van der Waals surface area (Å²) in [6.45, 7) is 0.447. The Balaban J connectivity index is 2.68. The molecule has 0 saturated carbocycles. The van der Waals surface area contributed by atoms with Gasteiger partial charge in [0.2, 0.25) is 0 Å². The molecule has 0 unspecified atom stereocenters. The van der Waals surface area contributed by atoms with Crippen molar-refractivity contribution in [3.05, 3.63) is 22.6 Å². The van der Waals surface area contributed by atoms with Gasteiger partial charge in [0.25, 0.3) is 5.56 Å². The predicted octanol–water partition coefficient (Wildman–Crippen LogP) is 0.0901. The van der Waals surface area contributed by atoms with E-state index in [2.05, 4.69) is 5.10 Å². The van der Waals surface area contributed by atoms with E-state index in [9.17, 15) is 4.79 Å². The van der Waals surface area contributed by atoms with Crippen LogP contribution in [0.15, 0.2) is 17.1 Å². The topological polar surface area (TPSA) is 61.6 Å². The number of rotatable bonds is 2. The zero-order valence-corrected chi connectivity index (χ0v) is 5.37. The summed E-state index contributed by atoms with van der Waals surface area (Å²) in [7, 11) is 0. The first-order valence-electron chi connectivity index (χ1n) is 2.96. The van der Waals surface area contributed by atoms with Crippen LogP contribution in [0.5, 0.6) is 0 Å². The van der Waals surface area contributed by atoms with Gasteiger partial charge in [-0.1, -0.05) is 0 Å². The molecular weight excluding hydrogens is 130 g/mol. The van der Waals surface area contributed by atoms with Gasteiger partial charge in [0.1, 0.15) is 0 Å². The molecule has 4 heteroatoms. The van der Waals surface area contributed by atoms with Crippen molar-refractivity contribution in [1.29, 1.82) is 5.26 Å². The number of hydrogen-bond acceptors (Lipinski definition) is 2. The molecule has 10 heavy (non-hydrogen) atoms.